The number of ether oxygens (including phenoxy) is 2. The maximum absolute atomic E-state index is 12.0. The van der Waals surface area contributed by atoms with Gasteiger partial charge in [-0.15, -0.1) is 0 Å². The van der Waals surface area contributed by atoms with Crippen molar-refractivity contribution in [2.75, 3.05) is 13.2 Å². The second-order valence-corrected chi connectivity index (χ2v) is 25.3. The second-order valence-electron chi connectivity index (χ2n) is 20.3. The Morgan fingerprint density at radius 1 is 0.537 bits per heavy atom. The van der Waals surface area contributed by atoms with Gasteiger partial charge in [-0.05, 0) is 99.5 Å². The average Bonchev–Trinajstić information content (AvgIpc) is 4.50. The minimum Gasteiger partial charge on any atom is -0.466 e. The van der Waals surface area contributed by atoms with E-state index in [-0.39, 0.29) is 76.9 Å². The summed E-state index contributed by atoms with van der Waals surface area (Å²) in [4.78, 5) is 87.3. The number of imide groups is 2. The van der Waals surface area contributed by atoms with Gasteiger partial charge >= 0.3 is 11.9 Å². The van der Waals surface area contributed by atoms with Crippen LogP contribution in [0.1, 0.15) is 74.1 Å². The predicted octanol–water partition coefficient (Wildman–Crippen LogP) is 9.48. The van der Waals surface area contributed by atoms with Gasteiger partial charge in [0.2, 0.25) is 23.6 Å². The number of fused-ring (bicyclic) bond motifs is 12. The van der Waals surface area contributed by atoms with Crippen molar-refractivity contribution in [2.45, 2.75) is 83.8 Å². The third-order valence-corrected chi connectivity index (χ3v) is 15.9. The van der Waals surface area contributed by atoms with E-state index < -0.39 is 19.9 Å². The van der Waals surface area contributed by atoms with E-state index in [1.165, 1.54) is 5.32 Å². The van der Waals surface area contributed by atoms with Gasteiger partial charge in [0.05, 0.1) is 104 Å². The van der Waals surface area contributed by atoms with Gasteiger partial charge in [0.1, 0.15) is 8.07 Å². The number of nitrogens with one attached hydrogen (secondary N) is 6. The number of H-pyrrole nitrogens is 4. The van der Waals surface area contributed by atoms with E-state index in [2.05, 4.69) is 71.9 Å². The molecule has 4 aromatic carbocycles. The zero-order chi connectivity index (χ0) is 55.8. The quantitative estimate of drug-likeness (QED) is 0.0339. The molecule has 0 aliphatic carbocycles. The molecule has 12 aromatic rings. The first-order valence-electron chi connectivity index (χ1n) is 26.1. The van der Waals surface area contributed by atoms with Crippen LogP contribution >= 0.6 is 0 Å². The fourth-order valence-electron chi connectivity index (χ4n) is 10.3. The number of carbonyl (C=O) groups is 6. The molecule has 6 N–H and O–H groups in total. The Morgan fingerprint density at radius 3 is 1.32 bits per heavy atom. The Hall–Kier alpha value is -8.95. The summed E-state index contributed by atoms with van der Waals surface area (Å²) in [6, 6.07) is 22.9. The largest absolute Gasteiger partial charge is 0.466 e. The van der Waals surface area contributed by atoms with Crippen LogP contribution in [0.5, 0.6) is 0 Å². The normalized spacial score (nSPS) is 15.3. The van der Waals surface area contributed by atoms with E-state index >= 15 is 0 Å². The van der Waals surface area contributed by atoms with Crippen molar-refractivity contribution < 1.29 is 77.4 Å². The summed E-state index contributed by atoms with van der Waals surface area (Å²) in [7, 11) is -1.49. The Morgan fingerprint density at radius 2 is 0.915 bits per heavy atom. The molecule has 22 nitrogen and oxygen atoms in total. The van der Waals surface area contributed by atoms with Gasteiger partial charge in [-0.1, -0.05) is 19.6 Å². The number of piperidine rings is 2. The Kier molecular flexibility index (Phi) is 16.9. The van der Waals surface area contributed by atoms with Gasteiger partial charge in [0, 0.05) is 79.4 Å². The number of nitrogens with zero attached hydrogens (tertiary/aromatic N) is 4. The molecule has 8 aromatic heterocycles. The zero-order valence-corrected chi connectivity index (χ0v) is 49.5. The van der Waals surface area contributed by atoms with Gasteiger partial charge in [-0.25, -0.2) is 20.6 Å². The van der Waals surface area contributed by atoms with Crippen molar-refractivity contribution >= 4 is 136 Å². The van der Waals surface area contributed by atoms with E-state index in [4.69, 9.17) is 32.6 Å². The predicted molar refractivity (Wildman–Crippen MR) is 304 cm³/mol. The summed E-state index contributed by atoms with van der Waals surface area (Å²) in [5, 5.41) is 24.7. The van der Waals surface area contributed by atoms with Gasteiger partial charge in [-0.3, -0.25) is 59.3 Å². The smallest absolute Gasteiger partial charge is 0.311 e. The zero-order valence-electron chi connectivity index (χ0n) is 45.6. The minimum atomic E-state index is -1.49. The summed E-state index contributed by atoms with van der Waals surface area (Å²) >= 11 is 0. The molecule has 0 radical (unpaired) electrons. The maximum atomic E-state index is 12.0. The number of benzene rings is 4. The van der Waals surface area contributed by atoms with Crippen LogP contribution in [0.4, 0.5) is 0 Å². The summed E-state index contributed by atoms with van der Waals surface area (Å²) in [5.74, 6) is -2.33. The van der Waals surface area contributed by atoms with Crippen LogP contribution in [0.15, 0.2) is 109 Å². The van der Waals surface area contributed by atoms with Crippen molar-refractivity contribution in [3.63, 3.8) is 0 Å². The standard InChI is InChI=1S/C16H20N2O3Si.2C14H11N3O3.C13H12N2O3.CH3.W/c1-5-20-15(19)9-12-16-10-8-14(22(2,3)4)17-11(10)6-7-13(16)21-18-12;2*18-11-4-1-8(14(19)16-11)13-12-7-5-6-15-9(7)2-3-10(12)20-17-13;1-2-17-12(16)7-10-13-8-5-6-14-9(8)3-4-11(13)18-15-10;;/h6-8,18H,5,9H2,1-4H3;2*2-3,5-6,8,17H,1,4H2,(H,16,18,19);3-6,15H,2,7H2,1H3;1H3;/q;;;;-1;. The second kappa shape index (κ2) is 24.0. The molecule has 82 heavy (non-hydrogen) atoms. The van der Waals surface area contributed by atoms with Crippen LogP contribution < -0.4 is 16.0 Å². The molecule has 10 heterocycles. The molecule has 2 unspecified atom stereocenters. The number of rotatable bonds is 9. The van der Waals surface area contributed by atoms with E-state index in [1.54, 1.807) is 32.4 Å². The van der Waals surface area contributed by atoms with Crippen LogP contribution in [0.3, 0.4) is 0 Å². The first kappa shape index (κ1) is 57.7. The molecule has 4 amide bonds. The van der Waals surface area contributed by atoms with Crippen molar-refractivity contribution in [1.29, 1.82) is 0 Å². The summed E-state index contributed by atoms with van der Waals surface area (Å²) in [5.41, 5.74) is 9.28. The Balaban J connectivity index is 0.000000131. The fraction of sp³-hybridized carbons (Fsp3) is 0.259. The minimum absolute atomic E-state index is 0. The topological polar surface area (TPSA) is 312 Å². The fourth-order valence-corrected chi connectivity index (χ4v) is 11.3. The molecule has 0 saturated carbocycles. The number of carbonyl (C=O) groups excluding carboxylic acids is 6. The van der Waals surface area contributed by atoms with E-state index in [0.29, 0.717) is 61.5 Å². The number of hydrogen-bond donors (Lipinski definition) is 6. The monoisotopic (exact) mass is 1300 g/mol. The van der Waals surface area contributed by atoms with E-state index in [1.807, 2.05) is 66.7 Å². The van der Waals surface area contributed by atoms with Crippen molar-refractivity contribution in [3.05, 3.63) is 122 Å². The molecule has 0 bridgehead atoms. The van der Waals surface area contributed by atoms with Gasteiger partial charge in [0.15, 0.2) is 22.3 Å². The first-order chi connectivity index (χ1) is 38.7. The van der Waals surface area contributed by atoms with Crippen molar-refractivity contribution in [2.24, 2.45) is 0 Å². The summed E-state index contributed by atoms with van der Waals surface area (Å²) < 4.78 is 31.7. The van der Waals surface area contributed by atoms with E-state index in [0.717, 1.165) is 87.7 Å². The molecule has 24 heteroatoms. The molecular formula is C58H57N10O12SiW-. The molecule has 2 aliphatic rings. The molecule has 422 valence electrons. The summed E-state index contributed by atoms with van der Waals surface area (Å²) in [6.45, 7) is 11.2. The average molecular weight is 1300 g/mol. The molecule has 2 fully saturated rings. The third-order valence-electron chi connectivity index (χ3n) is 14.1. The summed E-state index contributed by atoms with van der Waals surface area (Å²) in [6.07, 6.45) is 7.19. The molecule has 2 saturated heterocycles. The number of amides is 4. The Labute approximate surface area is 481 Å². The number of hydrogen-bond acceptors (Lipinski definition) is 16. The van der Waals surface area contributed by atoms with Crippen LogP contribution in [-0.4, -0.2) is 97.4 Å². The molecule has 2 aliphatic heterocycles. The van der Waals surface area contributed by atoms with Gasteiger partial charge in [-0.2, -0.15) is 0 Å². The molecular weight excluding hydrogens is 1240 g/mol. The number of aromatic amines is 4. The third kappa shape index (κ3) is 11.4. The number of aromatic nitrogens is 8. The van der Waals surface area contributed by atoms with Gasteiger partial charge < -0.3 is 35.0 Å². The van der Waals surface area contributed by atoms with Crippen molar-refractivity contribution in [1.82, 2.24) is 51.2 Å². The molecule has 2 atom stereocenters. The molecule has 14 rings (SSSR count). The molecule has 0 spiro atoms. The SMILES string of the molecule is CCOC(=O)Cc1[nH]oc2ccc3nc([Si](C)(C)C)cc3c12.CCOC(=O)Cc1[nH]oc2ccc3nccc3c12.O=C1CCC(c2[nH]oc3ccc4nccc4c23)C(=O)N1.O=C1CCC(c2[nH]oc3ccc4nccc4c23)C(=O)N1.[CH3-].[W]. The number of esters is 2. The van der Waals surface area contributed by atoms with Gasteiger partial charge in [0.25, 0.3) is 0 Å². The van der Waals surface area contributed by atoms with Crippen LogP contribution in [0, 0.1) is 7.43 Å². The van der Waals surface area contributed by atoms with Crippen LogP contribution in [-0.2, 0) is 72.1 Å². The Bertz CT molecular complexity index is 4220. The van der Waals surface area contributed by atoms with Crippen LogP contribution in [0.2, 0.25) is 19.6 Å². The van der Waals surface area contributed by atoms with Crippen LogP contribution in [0.25, 0.3) is 87.5 Å². The first-order valence-corrected chi connectivity index (χ1v) is 29.6. The maximum Gasteiger partial charge on any atom is 0.311 e. The van der Waals surface area contributed by atoms with E-state index in [9.17, 15) is 28.8 Å². The van der Waals surface area contributed by atoms with Crippen molar-refractivity contribution in [3.8, 4) is 0 Å².